The number of hydrogen-bond donors (Lipinski definition) is 1. The van der Waals surface area contributed by atoms with Gasteiger partial charge in [-0.3, -0.25) is 4.79 Å². The SMILES string of the molecule is N#Cc1c(-c2cccc(Cl)c2Cl)cc(-c2ccc3ccccc3c2)[nH]c1=O. The number of halogens is 2. The molecule has 1 heterocycles. The van der Waals surface area contributed by atoms with Crippen molar-refractivity contribution in [2.24, 2.45) is 0 Å². The molecule has 27 heavy (non-hydrogen) atoms. The smallest absolute Gasteiger partial charge is 0.266 e. The van der Waals surface area contributed by atoms with Crippen LogP contribution in [0.1, 0.15) is 5.56 Å². The number of aromatic amines is 1. The Hall–Kier alpha value is -3.06. The average Bonchev–Trinajstić information content (AvgIpc) is 2.69. The van der Waals surface area contributed by atoms with Crippen molar-refractivity contribution in [1.29, 1.82) is 5.26 Å². The molecule has 0 saturated heterocycles. The number of nitrogens with zero attached hydrogens (tertiary/aromatic N) is 1. The zero-order valence-electron chi connectivity index (χ0n) is 14.0. The number of nitriles is 1. The molecule has 0 radical (unpaired) electrons. The molecule has 0 aliphatic rings. The molecule has 3 aromatic carbocycles. The molecule has 0 fully saturated rings. The topological polar surface area (TPSA) is 56.6 Å². The quantitative estimate of drug-likeness (QED) is 0.453. The molecule has 0 spiro atoms. The van der Waals surface area contributed by atoms with E-state index in [0.29, 0.717) is 26.9 Å². The summed E-state index contributed by atoms with van der Waals surface area (Å²) in [4.78, 5) is 15.3. The van der Waals surface area contributed by atoms with Crippen molar-refractivity contribution < 1.29 is 0 Å². The van der Waals surface area contributed by atoms with Gasteiger partial charge in [0.25, 0.3) is 5.56 Å². The highest BCUT2D eigenvalue weighted by atomic mass is 35.5. The van der Waals surface area contributed by atoms with E-state index in [4.69, 9.17) is 23.2 Å². The summed E-state index contributed by atoms with van der Waals surface area (Å²) in [6.07, 6.45) is 0. The lowest BCUT2D eigenvalue weighted by Gasteiger charge is -2.11. The molecular formula is C22H12Cl2N2O. The van der Waals surface area contributed by atoms with Crippen LogP contribution in [0.5, 0.6) is 0 Å². The van der Waals surface area contributed by atoms with E-state index in [-0.39, 0.29) is 5.56 Å². The van der Waals surface area contributed by atoms with Crippen molar-refractivity contribution in [2.75, 3.05) is 0 Å². The summed E-state index contributed by atoms with van der Waals surface area (Å²) in [6, 6.07) is 22.8. The number of hydrogen-bond acceptors (Lipinski definition) is 2. The minimum atomic E-state index is -0.464. The summed E-state index contributed by atoms with van der Waals surface area (Å²) in [5.41, 5.74) is 1.99. The number of rotatable bonds is 2. The molecule has 1 N–H and O–H groups in total. The van der Waals surface area contributed by atoms with Crippen molar-refractivity contribution >= 4 is 34.0 Å². The van der Waals surface area contributed by atoms with Crippen LogP contribution in [0, 0.1) is 11.3 Å². The van der Waals surface area contributed by atoms with Gasteiger partial charge in [-0.1, -0.05) is 71.7 Å². The summed E-state index contributed by atoms with van der Waals surface area (Å²) in [7, 11) is 0. The van der Waals surface area contributed by atoms with Gasteiger partial charge in [0.15, 0.2) is 0 Å². The van der Waals surface area contributed by atoms with Crippen molar-refractivity contribution in [2.45, 2.75) is 0 Å². The van der Waals surface area contributed by atoms with Crippen LogP contribution in [0.15, 0.2) is 71.5 Å². The Morgan fingerprint density at radius 2 is 1.63 bits per heavy atom. The molecule has 0 atom stereocenters. The van der Waals surface area contributed by atoms with Crippen LogP contribution in [0.25, 0.3) is 33.2 Å². The zero-order valence-corrected chi connectivity index (χ0v) is 15.5. The second-order valence-electron chi connectivity index (χ2n) is 6.08. The Labute approximate surface area is 165 Å². The first-order chi connectivity index (χ1) is 13.1. The van der Waals surface area contributed by atoms with Gasteiger partial charge < -0.3 is 4.98 Å². The largest absolute Gasteiger partial charge is 0.321 e. The molecule has 0 aliphatic carbocycles. The van der Waals surface area contributed by atoms with Crippen LogP contribution in [0.2, 0.25) is 10.0 Å². The molecule has 0 aliphatic heterocycles. The summed E-state index contributed by atoms with van der Waals surface area (Å²) in [6.45, 7) is 0. The van der Waals surface area contributed by atoms with Gasteiger partial charge in [0.1, 0.15) is 11.6 Å². The molecule has 3 nitrogen and oxygen atoms in total. The average molecular weight is 391 g/mol. The fraction of sp³-hybridized carbons (Fsp3) is 0. The highest BCUT2D eigenvalue weighted by molar-refractivity contribution is 6.43. The summed E-state index contributed by atoms with van der Waals surface area (Å²) in [5.74, 6) is 0. The molecule has 5 heteroatoms. The molecule has 4 aromatic rings. The standard InChI is InChI=1S/C22H12Cl2N2O/c23-19-7-3-6-16(21(19)24)17-11-20(26-22(27)18(17)12-25)15-9-8-13-4-1-2-5-14(13)10-15/h1-11H,(H,26,27). The van der Waals surface area contributed by atoms with Crippen LogP contribution >= 0.6 is 23.2 Å². The van der Waals surface area contributed by atoms with E-state index in [1.165, 1.54) is 0 Å². The number of H-pyrrole nitrogens is 1. The number of nitrogens with one attached hydrogen (secondary N) is 1. The third-order valence-electron chi connectivity index (χ3n) is 4.45. The van der Waals surface area contributed by atoms with Gasteiger partial charge in [-0.2, -0.15) is 5.26 Å². The van der Waals surface area contributed by atoms with E-state index in [0.717, 1.165) is 16.3 Å². The van der Waals surface area contributed by atoms with Gasteiger partial charge in [0.05, 0.1) is 10.0 Å². The van der Waals surface area contributed by atoms with E-state index in [9.17, 15) is 10.1 Å². The Kier molecular flexibility index (Phi) is 4.45. The van der Waals surface area contributed by atoms with Gasteiger partial charge in [0, 0.05) is 16.8 Å². The number of aromatic nitrogens is 1. The minimum absolute atomic E-state index is 0.00343. The van der Waals surface area contributed by atoms with E-state index in [1.807, 2.05) is 48.5 Å². The second kappa shape index (κ2) is 6.92. The number of fused-ring (bicyclic) bond motifs is 1. The third kappa shape index (κ3) is 3.10. The maximum Gasteiger partial charge on any atom is 0.266 e. The first-order valence-electron chi connectivity index (χ1n) is 8.19. The molecule has 0 bridgehead atoms. The van der Waals surface area contributed by atoms with Crippen LogP contribution < -0.4 is 5.56 Å². The van der Waals surface area contributed by atoms with E-state index in [2.05, 4.69) is 4.98 Å². The first kappa shape index (κ1) is 17.4. The van der Waals surface area contributed by atoms with Crippen molar-refractivity contribution in [3.63, 3.8) is 0 Å². The number of benzene rings is 3. The third-order valence-corrected chi connectivity index (χ3v) is 5.27. The molecule has 1 aromatic heterocycles. The predicted molar refractivity (Wildman–Crippen MR) is 110 cm³/mol. The van der Waals surface area contributed by atoms with Crippen LogP contribution in [0.4, 0.5) is 0 Å². The Bertz CT molecular complexity index is 1290. The van der Waals surface area contributed by atoms with Gasteiger partial charge in [0.2, 0.25) is 0 Å². The second-order valence-corrected chi connectivity index (χ2v) is 6.86. The van der Waals surface area contributed by atoms with Gasteiger partial charge in [-0.05, 0) is 34.5 Å². The number of pyridine rings is 1. The van der Waals surface area contributed by atoms with E-state index < -0.39 is 5.56 Å². The molecule has 0 unspecified atom stereocenters. The Balaban J connectivity index is 1.98. The van der Waals surface area contributed by atoms with Crippen molar-refractivity contribution in [1.82, 2.24) is 4.98 Å². The highest BCUT2D eigenvalue weighted by Crippen LogP contribution is 2.35. The molecule has 4 rings (SSSR count). The van der Waals surface area contributed by atoms with Gasteiger partial charge in [-0.15, -0.1) is 0 Å². The van der Waals surface area contributed by atoms with Gasteiger partial charge in [-0.25, -0.2) is 0 Å². The lowest BCUT2D eigenvalue weighted by molar-refractivity contribution is 1.22. The summed E-state index contributed by atoms with van der Waals surface area (Å²) in [5, 5.41) is 12.3. The van der Waals surface area contributed by atoms with E-state index >= 15 is 0 Å². The summed E-state index contributed by atoms with van der Waals surface area (Å²) >= 11 is 12.5. The fourth-order valence-corrected chi connectivity index (χ4v) is 3.51. The lowest BCUT2D eigenvalue weighted by Crippen LogP contribution is -2.12. The molecule has 0 amide bonds. The monoisotopic (exact) mass is 390 g/mol. The van der Waals surface area contributed by atoms with Crippen LogP contribution in [-0.4, -0.2) is 4.98 Å². The Morgan fingerprint density at radius 3 is 2.41 bits per heavy atom. The molecular weight excluding hydrogens is 379 g/mol. The first-order valence-corrected chi connectivity index (χ1v) is 8.95. The van der Waals surface area contributed by atoms with Crippen LogP contribution in [0.3, 0.4) is 0 Å². The minimum Gasteiger partial charge on any atom is -0.321 e. The van der Waals surface area contributed by atoms with Gasteiger partial charge >= 0.3 is 0 Å². The zero-order chi connectivity index (χ0) is 19.0. The maximum absolute atomic E-state index is 12.5. The predicted octanol–water partition coefficient (Wildman–Crippen LogP) is 6.04. The van der Waals surface area contributed by atoms with Crippen molar-refractivity contribution in [3.8, 4) is 28.5 Å². The van der Waals surface area contributed by atoms with Crippen molar-refractivity contribution in [3.05, 3.63) is 92.7 Å². The Morgan fingerprint density at radius 1 is 0.852 bits per heavy atom. The molecule has 130 valence electrons. The maximum atomic E-state index is 12.5. The van der Waals surface area contributed by atoms with E-state index in [1.54, 1.807) is 24.3 Å². The fourth-order valence-electron chi connectivity index (χ4n) is 3.11. The molecule has 0 saturated carbocycles. The summed E-state index contributed by atoms with van der Waals surface area (Å²) < 4.78 is 0. The normalized spacial score (nSPS) is 10.7. The van der Waals surface area contributed by atoms with Crippen LogP contribution in [-0.2, 0) is 0 Å². The highest BCUT2D eigenvalue weighted by Gasteiger charge is 2.16. The lowest BCUT2D eigenvalue weighted by atomic mass is 9.98.